The summed E-state index contributed by atoms with van der Waals surface area (Å²) < 4.78 is 0. The summed E-state index contributed by atoms with van der Waals surface area (Å²) in [6.45, 7) is 0. The van der Waals surface area contributed by atoms with Crippen molar-refractivity contribution in [2.24, 2.45) is 0 Å². The number of nitrogens with zero attached hydrogens (tertiary/aromatic N) is 1. The van der Waals surface area contributed by atoms with Crippen LogP contribution in [0.4, 0.5) is 11.4 Å². The van der Waals surface area contributed by atoms with Gasteiger partial charge in [-0.05, 0) is 23.8 Å². The second kappa shape index (κ2) is 5.91. The standard InChI is InChI=1S/C14H12N2O5/c17-11-4-1-9(2-5-11)7-14(19)15-12-6-3-10(16(20)21)8-13(12)18/h1-6,8,17-18H,7H2,(H,15,19). The molecule has 0 heterocycles. The van der Waals surface area contributed by atoms with Crippen molar-refractivity contribution in [3.63, 3.8) is 0 Å². The summed E-state index contributed by atoms with van der Waals surface area (Å²) in [6, 6.07) is 9.56. The maximum atomic E-state index is 11.8. The summed E-state index contributed by atoms with van der Waals surface area (Å²) in [6.07, 6.45) is 0.0523. The fourth-order valence-electron chi connectivity index (χ4n) is 1.73. The van der Waals surface area contributed by atoms with Crippen LogP contribution in [-0.2, 0) is 11.2 Å². The molecule has 7 nitrogen and oxygen atoms in total. The minimum absolute atomic E-state index is 0.0523. The van der Waals surface area contributed by atoms with E-state index in [2.05, 4.69) is 5.32 Å². The van der Waals surface area contributed by atoms with E-state index in [1.807, 2.05) is 0 Å². The Kier molecular flexibility index (Phi) is 4.03. The van der Waals surface area contributed by atoms with Gasteiger partial charge in [0.15, 0.2) is 0 Å². The van der Waals surface area contributed by atoms with Crippen molar-refractivity contribution >= 4 is 17.3 Å². The normalized spacial score (nSPS) is 10.1. The van der Waals surface area contributed by atoms with E-state index in [1.165, 1.54) is 24.3 Å². The number of non-ortho nitro benzene ring substituents is 1. The van der Waals surface area contributed by atoms with Gasteiger partial charge in [0.2, 0.25) is 5.91 Å². The van der Waals surface area contributed by atoms with E-state index in [0.29, 0.717) is 5.56 Å². The first-order chi connectivity index (χ1) is 9.95. The van der Waals surface area contributed by atoms with Crippen molar-refractivity contribution in [2.75, 3.05) is 5.32 Å². The maximum absolute atomic E-state index is 11.8. The molecule has 2 aromatic carbocycles. The molecule has 3 N–H and O–H groups in total. The summed E-state index contributed by atoms with van der Waals surface area (Å²) in [5, 5.41) is 31.8. The monoisotopic (exact) mass is 288 g/mol. The Balaban J connectivity index is 2.06. The number of carbonyl (C=O) groups excluding carboxylic acids is 1. The maximum Gasteiger partial charge on any atom is 0.273 e. The zero-order chi connectivity index (χ0) is 15.4. The third-order valence-corrected chi connectivity index (χ3v) is 2.77. The van der Waals surface area contributed by atoms with E-state index in [-0.39, 0.29) is 35.2 Å². The van der Waals surface area contributed by atoms with Gasteiger partial charge in [0.1, 0.15) is 11.5 Å². The second-order valence-corrected chi connectivity index (χ2v) is 4.35. The van der Waals surface area contributed by atoms with Crippen LogP contribution >= 0.6 is 0 Å². The molecular weight excluding hydrogens is 276 g/mol. The number of nitrogens with one attached hydrogen (secondary N) is 1. The van der Waals surface area contributed by atoms with E-state index in [0.717, 1.165) is 6.07 Å². The van der Waals surface area contributed by atoms with Crippen molar-refractivity contribution in [1.82, 2.24) is 0 Å². The van der Waals surface area contributed by atoms with Crippen molar-refractivity contribution in [2.45, 2.75) is 6.42 Å². The minimum Gasteiger partial charge on any atom is -0.508 e. The molecule has 0 unspecified atom stereocenters. The molecule has 108 valence electrons. The van der Waals surface area contributed by atoms with Crippen LogP contribution in [0.1, 0.15) is 5.56 Å². The van der Waals surface area contributed by atoms with Gasteiger partial charge in [-0.15, -0.1) is 0 Å². The lowest BCUT2D eigenvalue weighted by Crippen LogP contribution is -2.14. The van der Waals surface area contributed by atoms with E-state index < -0.39 is 4.92 Å². The number of hydrogen-bond donors (Lipinski definition) is 3. The number of phenolic OH excluding ortho intramolecular Hbond substituents is 2. The minimum atomic E-state index is -0.637. The number of anilines is 1. The molecule has 21 heavy (non-hydrogen) atoms. The summed E-state index contributed by atoms with van der Waals surface area (Å²) in [4.78, 5) is 21.7. The lowest BCUT2D eigenvalue weighted by atomic mass is 10.1. The molecule has 0 aromatic heterocycles. The van der Waals surface area contributed by atoms with Gasteiger partial charge >= 0.3 is 0 Å². The highest BCUT2D eigenvalue weighted by Crippen LogP contribution is 2.27. The highest BCUT2D eigenvalue weighted by molar-refractivity contribution is 5.93. The van der Waals surface area contributed by atoms with Gasteiger partial charge in [-0.25, -0.2) is 0 Å². The molecule has 0 aliphatic carbocycles. The van der Waals surface area contributed by atoms with Crippen LogP contribution in [0.15, 0.2) is 42.5 Å². The first-order valence-corrected chi connectivity index (χ1v) is 6.01. The summed E-state index contributed by atoms with van der Waals surface area (Å²) in [7, 11) is 0. The van der Waals surface area contributed by atoms with Crippen molar-refractivity contribution < 1.29 is 19.9 Å². The van der Waals surface area contributed by atoms with E-state index >= 15 is 0 Å². The van der Waals surface area contributed by atoms with Crippen LogP contribution in [-0.4, -0.2) is 21.0 Å². The molecule has 1 amide bonds. The average molecular weight is 288 g/mol. The van der Waals surface area contributed by atoms with Gasteiger partial charge in [-0.2, -0.15) is 0 Å². The summed E-state index contributed by atoms with van der Waals surface area (Å²) >= 11 is 0. The largest absolute Gasteiger partial charge is 0.508 e. The van der Waals surface area contributed by atoms with Gasteiger partial charge in [0, 0.05) is 6.07 Å². The van der Waals surface area contributed by atoms with Gasteiger partial charge in [0.05, 0.1) is 23.1 Å². The second-order valence-electron chi connectivity index (χ2n) is 4.35. The van der Waals surface area contributed by atoms with Gasteiger partial charge < -0.3 is 15.5 Å². The Morgan fingerprint density at radius 1 is 1.14 bits per heavy atom. The molecule has 0 fully saturated rings. The molecule has 0 radical (unpaired) electrons. The Hall–Kier alpha value is -3.09. The number of nitro benzene ring substituents is 1. The van der Waals surface area contributed by atoms with Crippen LogP contribution in [0.5, 0.6) is 11.5 Å². The number of phenols is 2. The predicted octanol–water partition coefficient (Wildman–Crippen LogP) is 2.19. The Bertz CT molecular complexity index is 682. The number of hydrogen-bond acceptors (Lipinski definition) is 5. The van der Waals surface area contributed by atoms with Crippen LogP contribution in [0.2, 0.25) is 0 Å². The number of nitro groups is 1. The van der Waals surface area contributed by atoms with E-state index in [9.17, 15) is 20.0 Å². The van der Waals surface area contributed by atoms with Crippen LogP contribution in [0, 0.1) is 10.1 Å². The number of rotatable bonds is 4. The molecule has 0 saturated heterocycles. The molecule has 0 atom stereocenters. The first kappa shape index (κ1) is 14.3. The van der Waals surface area contributed by atoms with Crippen LogP contribution < -0.4 is 5.32 Å². The van der Waals surface area contributed by atoms with E-state index in [4.69, 9.17) is 5.11 Å². The molecule has 2 rings (SSSR count). The Morgan fingerprint density at radius 3 is 2.38 bits per heavy atom. The highest BCUT2D eigenvalue weighted by Gasteiger charge is 2.12. The average Bonchev–Trinajstić information content (AvgIpc) is 2.43. The number of carbonyl (C=O) groups is 1. The molecule has 7 heteroatoms. The molecule has 0 bridgehead atoms. The fraction of sp³-hybridized carbons (Fsp3) is 0.0714. The van der Waals surface area contributed by atoms with Crippen molar-refractivity contribution in [3.05, 3.63) is 58.1 Å². The molecule has 0 saturated carbocycles. The topological polar surface area (TPSA) is 113 Å². The quantitative estimate of drug-likeness (QED) is 0.453. The lowest BCUT2D eigenvalue weighted by molar-refractivity contribution is -0.384. The highest BCUT2D eigenvalue weighted by atomic mass is 16.6. The van der Waals surface area contributed by atoms with E-state index in [1.54, 1.807) is 12.1 Å². The zero-order valence-electron chi connectivity index (χ0n) is 10.8. The van der Waals surface area contributed by atoms with Crippen LogP contribution in [0.25, 0.3) is 0 Å². The third-order valence-electron chi connectivity index (χ3n) is 2.77. The lowest BCUT2D eigenvalue weighted by Gasteiger charge is -2.07. The first-order valence-electron chi connectivity index (χ1n) is 6.01. The molecule has 0 aliphatic heterocycles. The Labute approximate surface area is 119 Å². The van der Waals surface area contributed by atoms with Crippen molar-refractivity contribution in [1.29, 1.82) is 0 Å². The number of benzene rings is 2. The third kappa shape index (κ3) is 3.69. The van der Waals surface area contributed by atoms with Gasteiger partial charge in [-0.3, -0.25) is 14.9 Å². The SMILES string of the molecule is O=C(Cc1ccc(O)cc1)Nc1ccc([N+](=O)[O-])cc1O. The van der Waals surface area contributed by atoms with Crippen molar-refractivity contribution in [3.8, 4) is 11.5 Å². The number of aromatic hydroxyl groups is 2. The van der Waals surface area contributed by atoms with Crippen LogP contribution in [0.3, 0.4) is 0 Å². The zero-order valence-corrected chi connectivity index (χ0v) is 10.8. The molecule has 0 aliphatic rings. The predicted molar refractivity (Wildman–Crippen MR) is 75.2 cm³/mol. The smallest absolute Gasteiger partial charge is 0.273 e. The molecule has 2 aromatic rings. The summed E-state index contributed by atoms with van der Waals surface area (Å²) in [5.74, 6) is -0.653. The fourth-order valence-corrected chi connectivity index (χ4v) is 1.73. The number of amides is 1. The van der Waals surface area contributed by atoms with Gasteiger partial charge in [-0.1, -0.05) is 12.1 Å². The van der Waals surface area contributed by atoms with Gasteiger partial charge in [0.25, 0.3) is 5.69 Å². The molecular formula is C14H12N2O5. The molecule has 0 spiro atoms. The summed E-state index contributed by atoms with van der Waals surface area (Å²) in [5.41, 5.74) is 0.528. The Morgan fingerprint density at radius 2 is 1.81 bits per heavy atom.